The van der Waals surface area contributed by atoms with Gasteiger partial charge < -0.3 is 5.32 Å². The summed E-state index contributed by atoms with van der Waals surface area (Å²) in [5.74, 6) is -0.142. The number of pyridine rings is 1. The third kappa shape index (κ3) is 2.82. The summed E-state index contributed by atoms with van der Waals surface area (Å²) in [7, 11) is 0. The molecule has 2 rings (SSSR count). The molecule has 0 radical (unpaired) electrons. The Morgan fingerprint density at radius 2 is 2.17 bits per heavy atom. The number of benzene rings is 1. The summed E-state index contributed by atoms with van der Waals surface area (Å²) in [6, 6.07) is 7.26. The summed E-state index contributed by atoms with van der Waals surface area (Å²) >= 11 is 9.35. The Morgan fingerprint density at radius 3 is 2.83 bits per heavy atom. The number of aromatic nitrogens is 1. The van der Waals surface area contributed by atoms with Crippen LogP contribution < -0.4 is 5.32 Å². The van der Waals surface area contributed by atoms with E-state index in [1.54, 1.807) is 26.1 Å². The number of halogens is 2. The van der Waals surface area contributed by atoms with Crippen LogP contribution in [0.1, 0.15) is 13.8 Å². The molecule has 0 atom stereocenters. The highest BCUT2D eigenvalue weighted by molar-refractivity contribution is 9.10. The summed E-state index contributed by atoms with van der Waals surface area (Å²) in [5.41, 5.74) is 1.35. The molecule has 0 aliphatic rings. The van der Waals surface area contributed by atoms with Gasteiger partial charge in [0.05, 0.1) is 15.5 Å². The van der Waals surface area contributed by atoms with E-state index in [0.717, 1.165) is 10.9 Å². The molecule has 1 amide bonds. The van der Waals surface area contributed by atoms with Crippen LogP contribution in [0.2, 0.25) is 5.02 Å². The SMILES string of the molecule is CC(C)(Br)C(=O)Nc1cc(Cl)cc2cccnc12. The van der Waals surface area contributed by atoms with Crippen molar-refractivity contribution in [2.75, 3.05) is 5.32 Å². The number of amides is 1. The number of hydrogen-bond donors (Lipinski definition) is 1. The molecule has 94 valence electrons. The topological polar surface area (TPSA) is 42.0 Å². The fourth-order valence-corrected chi connectivity index (χ4v) is 1.85. The lowest BCUT2D eigenvalue weighted by molar-refractivity contribution is -0.117. The number of alkyl halides is 1. The average molecular weight is 328 g/mol. The van der Waals surface area contributed by atoms with Crippen LogP contribution in [0.5, 0.6) is 0 Å². The summed E-state index contributed by atoms with van der Waals surface area (Å²) in [6.45, 7) is 3.56. The molecule has 0 saturated carbocycles. The first-order valence-corrected chi connectivity index (χ1v) is 6.59. The minimum atomic E-state index is -0.642. The molecular weight excluding hydrogens is 316 g/mol. The van der Waals surface area contributed by atoms with E-state index in [-0.39, 0.29) is 5.91 Å². The number of carbonyl (C=O) groups excluding carboxylic acids is 1. The van der Waals surface area contributed by atoms with Gasteiger partial charge >= 0.3 is 0 Å². The molecule has 3 nitrogen and oxygen atoms in total. The van der Waals surface area contributed by atoms with Gasteiger partial charge in [0.25, 0.3) is 0 Å². The lowest BCUT2D eigenvalue weighted by Gasteiger charge is -2.16. The minimum Gasteiger partial charge on any atom is -0.323 e. The molecule has 1 aromatic carbocycles. The molecule has 0 aliphatic carbocycles. The Balaban J connectivity index is 2.48. The molecule has 0 bridgehead atoms. The lowest BCUT2D eigenvalue weighted by Crippen LogP contribution is -2.31. The zero-order valence-electron chi connectivity index (χ0n) is 10.00. The second-order valence-electron chi connectivity index (χ2n) is 4.46. The van der Waals surface area contributed by atoms with Crippen molar-refractivity contribution < 1.29 is 4.79 Å². The Bertz CT molecular complexity index is 607. The zero-order valence-corrected chi connectivity index (χ0v) is 12.3. The van der Waals surface area contributed by atoms with Crippen molar-refractivity contribution in [3.63, 3.8) is 0 Å². The highest BCUT2D eigenvalue weighted by atomic mass is 79.9. The summed E-state index contributed by atoms with van der Waals surface area (Å²) in [4.78, 5) is 16.2. The third-order valence-electron chi connectivity index (χ3n) is 2.46. The first-order valence-electron chi connectivity index (χ1n) is 5.42. The van der Waals surface area contributed by atoms with Crippen LogP contribution in [0.25, 0.3) is 10.9 Å². The second-order valence-corrected chi connectivity index (χ2v) is 6.87. The molecule has 0 saturated heterocycles. The highest BCUT2D eigenvalue weighted by Crippen LogP contribution is 2.28. The number of hydrogen-bond acceptors (Lipinski definition) is 2. The number of rotatable bonds is 2. The minimum absolute atomic E-state index is 0.142. The van der Waals surface area contributed by atoms with Crippen LogP contribution in [0, 0.1) is 0 Å². The molecule has 18 heavy (non-hydrogen) atoms. The van der Waals surface area contributed by atoms with E-state index in [0.29, 0.717) is 10.7 Å². The van der Waals surface area contributed by atoms with Gasteiger partial charge in [-0.1, -0.05) is 33.6 Å². The number of nitrogens with one attached hydrogen (secondary N) is 1. The maximum Gasteiger partial charge on any atom is 0.240 e. The number of anilines is 1. The maximum absolute atomic E-state index is 12.0. The third-order valence-corrected chi connectivity index (χ3v) is 3.04. The van der Waals surface area contributed by atoms with Gasteiger partial charge in [-0.15, -0.1) is 0 Å². The standard InChI is InChI=1S/C13H12BrClN2O/c1-13(2,14)12(18)17-10-7-9(15)6-8-4-3-5-16-11(8)10/h3-7H,1-2H3,(H,17,18). The van der Waals surface area contributed by atoms with Crippen molar-refractivity contribution in [1.29, 1.82) is 0 Å². The van der Waals surface area contributed by atoms with Crippen molar-refractivity contribution in [3.05, 3.63) is 35.5 Å². The molecule has 0 unspecified atom stereocenters. The van der Waals surface area contributed by atoms with Crippen molar-refractivity contribution in [3.8, 4) is 0 Å². The smallest absolute Gasteiger partial charge is 0.240 e. The van der Waals surface area contributed by atoms with Gasteiger partial charge in [0.1, 0.15) is 0 Å². The van der Waals surface area contributed by atoms with Gasteiger partial charge in [0.2, 0.25) is 5.91 Å². The van der Waals surface area contributed by atoms with Gasteiger partial charge in [-0.05, 0) is 32.0 Å². The molecule has 2 aromatic rings. The Hall–Kier alpha value is -1.13. The van der Waals surface area contributed by atoms with Crippen molar-refractivity contribution in [1.82, 2.24) is 4.98 Å². The molecular formula is C13H12BrClN2O. The fourth-order valence-electron chi connectivity index (χ4n) is 1.52. The Kier molecular flexibility index (Phi) is 3.59. The van der Waals surface area contributed by atoms with Gasteiger partial charge in [-0.2, -0.15) is 0 Å². The first-order chi connectivity index (χ1) is 8.38. The van der Waals surface area contributed by atoms with Gasteiger partial charge in [-0.25, -0.2) is 0 Å². The quantitative estimate of drug-likeness (QED) is 0.847. The number of fused-ring (bicyclic) bond motifs is 1. The van der Waals surface area contributed by atoms with Crippen LogP contribution in [-0.2, 0) is 4.79 Å². The van der Waals surface area contributed by atoms with E-state index in [1.165, 1.54) is 0 Å². The molecule has 1 heterocycles. The van der Waals surface area contributed by atoms with Crippen LogP contribution in [0.4, 0.5) is 5.69 Å². The molecule has 1 N–H and O–H groups in total. The monoisotopic (exact) mass is 326 g/mol. The van der Waals surface area contributed by atoms with Gasteiger partial charge in [0, 0.05) is 16.6 Å². The molecule has 0 spiro atoms. The van der Waals surface area contributed by atoms with E-state index in [9.17, 15) is 4.79 Å². The summed E-state index contributed by atoms with van der Waals surface area (Å²) in [6.07, 6.45) is 1.69. The van der Waals surface area contributed by atoms with E-state index >= 15 is 0 Å². The van der Waals surface area contributed by atoms with Crippen LogP contribution in [0.3, 0.4) is 0 Å². The fraction of sp³-hybridized carbons (Fsp3) is 0.231. The number of nitrogens with zero attached hydrogens (tertiary/aromatic N) is 1. The molecule has 0 fully saturated rings. The van der Waals surface area contributed by atoms with Crippen molar-refractivity contribution in [2.24, 2.45) is 0 Å². The lowest BCUT2D eigenvalue weighted by atomic mass is 10.1. The van der Waals surface area contributed by atoms with Crippen LogP contribution in [-0.4, -0.2) is 15.2 Å². The van der Waals surface area contributed by atoms with Crippen molar-refractivity contribution in [2.45, 2.75) is 18.2 Å². The summed E-state index contributed by atoms with van der Waals surface area (Å²) < 4.78 is -0.642. The van der Waals surface area contributed by atoms with Crippen LogP contribution in [0.15, 0.2) is 30.5 Å². The maximum atomic E-state index is 12.0. The highest BCUT2D eigenvalue weighted by Gasteiger charge is 2.24. The summed E-state index contributed by atoms with van der Waals surface area (Å²) in [5, 5.41) is 4.30. The molecule has 1 aromatic heterocycles. The van der Waals surface area contributed by atoms with Gasteiger partial charge in [0.15, 0.2) is 0 Å². The Morgan fingerprint density at radius 1 is 1.44 bits per heavy atom. The largest absolute Gasteiger partial charge is 0.323 e. The predicted molar refractivity (Wildman–Crippen MR) is 78.4 cm³/mol. The van der Waals surface area contributed by atoms with Crippen molar-refractivity contribution >= 4 is 50.0 Å². The number of carbonyl (C=O) groups is 1. The van der Waals surface area contributed by atoms with E-state index in [1.807, 2.05) is 18.2 Å². The molecule has 0 aliphatic heterocycles. The van der Waals surface area contributed by atoms with E-state index in [2.05, 4.69) is 26.2 Å². The van der Waals surface area contributed by atoms with Crippen LogP contribution >= 0.6 is 27.5 Å². The van der Waals surface area contributed by atoms with Gasteiger partial charge in [-0.3, -0.25) is 9.78 Å². The molecule has 5 heteroatoms. The van der Waals surface area contributed by atoms with E-state index < -0.39 is 4.32 Å². The zero-order chi connectivity index (χ0) is 13.3. The second kappa shape index (κ2) is 4.86. The average Bonchev–Trinajstić information content (AvgIpc) is 2.27. The normalized spacial score (nSPS) is 11.6. The predicted octanol–water partition coefficient (Wildman–Crippen LogP) is 4.00. The van der Waals surface area contributed by atoms with E-state index in [4.69, 9.17) is 11.6 Å². The first kappa shape index (κ1) is 13.3. The Labute approximate surface area is 119 Å².